The molecular formula is C31H31Br2FN4O7. The van der Waals surface area contributed by atoms with Crippen LogP contribution >= 0.6 is 31.9 Å². The van der Waals surface area contributed by atoms with Crippen LogP contribution in [-0.2, 0) is 16.1 Å². The van der Waals surface area contributed by atoms with Gasteiger partial charge in [-0.25, -0.2) is 14.0 Å². The highest BCUT2D eigenvalue weighted by atomic mass is 79.9. The minimum Gasteiger partial charge on any atom is -0.490 e. The molecule has 0 saturated carbocycles. The van der Waals surface area contributed by atoms with E-state index in [0.717, 1.165) is 0 Å². The van der Waals surface area contributed by atoms with Gasteiger partial charge >= 0.3 is 12.0 Å². The Morgan fingerprint density at radius 3 is 2.53 bits per heavy atom. The van der Waals surface area contributed by atoms with E-state index in [1.54, 1.807) is 62.4 Å². The maximum absolute atomic E-state index is 13.9. The molecule has 4 N–H and O–H groups in total. The predicted octanol–water partition coefficient (Wildman–Crippen LogP) is 5.45. The van der Waals surface area contributed by atoms with Gasteiger partial charge in [-0.3, -0.25) is 5.43 Å². The molecule has 0 spiro atoms. The zero-order valence-electron chi connectivity index (χ0n) is 24.5. The first-order chi connectivity index (χ1) is 21.6. The molecule has 238 valence electrons. The lowest BCUT2D eigenvalue weighted by Crippen LogP contribution is -2.45. The lowest BCUT2D eigenvalue weighted by atomic mass is 9.95. The van der Waals surface area contributed by atoms with Gasteiger partial charge in [0, 0.05) is 11.3 Å². The smallest absolute Gasteiger partial charge is 0.337 e. The Labute approximate surface area is 276 Å². The molecule has 11 nitrogen and oxygen atoms in total. The topological polar surface area (TPSA) is 140 Å². The quantitative estimate of drug-likeness (QED) is 0.0784. The lowest BCUT2D eigenvalue weighted by Gasteiger charge is -2.28. The van der Waals surface area contributed by atoms with E-state index < -0.39 is 24.3 Å². The Hall–Kier alpha value is -4.14. The van der Waals surface area contributed by atoms with E-state index in [0.29, 0.717) is 55.2 Å². The lowest BCUT2D eigenvalue weighted by molar-refractivity contribution is -0.136. The third-order valence-electron chi connectivity index (χ3n) is 6.46. The Morgan fingerprint density at radius 1 is 1.11 bits per heavy atom. The number of aliphatic hydroxyl groups excluding tert-OH is 1. The number of urea groups is 1. The molecule has 1 aliphatic heterocycles. The van der Waals surface area contributed by atoms with E-state index in [9.17, 15) is 19.1 Å². The van der Waals surface area contributed by atoms with Crippen molar-refractivity contribution in [2.75, 3.05) is 20.3 Å². The van der Waals surface area contributed by atoms with Gasteiger partial charge < -0.3 is 34.7 Å². The van der Waals surface area contributed by atoms with E-state index in [-0.39, 0.29) is 24.6 Å². The second kappa shape index (κ2) is 15.7. The van der Waals surface area contributed by atoms with Crippen molar-refractivity contribution >= 4 is 50.1 Å². The molecule has 3 aromatic carbocycles. The number of hydrazone groups is 1. The van der Waals surface area contributed by atoms with Crippen LogP contribution in [0.2, 0.25) is 0 Å². The fourth-order valence-electron chi connectivity index (χ4n) is 4.38. The van der Waals surface area contributed by atoms with Crippen molar-refractivity contribution in [2.24, 2.45) is 5.10 Å². The fourth-order valence-corrected chi connectivity index (χ4v) is 5.83. The highest BCUT2D eigenvalue weighted by Gasteiger charge is 2.32. The molecule has 0 saturated heterocycles. The molecule has 0 fully saturated rings. The Morgan fingerprint density at radius 2 is 1.84 bits per heavy atom. The first kappa shape index (κ1) is 33.7. The van der Waals surface area contributed by atoms with Crippen molar-refractivity contribution in [3.63, 3.8) is 0 Å². The number of nitrogens with zero attached hydrogens (tertiary/aromatic N) is 1. The van der Waals surface area contributed by atoms with Crippen molar-refractivity contribution in [2.45, 2.75) is 32.7 Å². The zero-order chi connectivity index (χ0) is 32.5. The Bertz CT molecular complexity index is 1600. The van der Waals surface area contributed by atoms with Gasteiger partial charge in [-0.15, -0.1) is 0 Å². The SMILES string of the molecule is CCOc1cc([C@H]2NC(=O)NC(C)=C2C(=O)OC)ccc1OC[C@H](O)N/N=C\c1cc(Br)c(OCc2ccccc2F)c(Br)c1. The normalized spacial score (nSPS) is 15.3. The second-order valence-electron chi connectivity index (χ2n) is 9.61. The van der Waals surface area contributed by atoms with Crippen molar-refractivity contribution in [3.8, 4) is 17.2 Å². The van der Waals surface area contributed by atoms with Crippen LogP contribution < -0.4 is 30.3 Å². The summed E-state index contributed by atoms with van der Waals surface area (Å²) in [6.07, 6.45) is 0.326. The standard InChI is InChI=1S/C31H31Br2FN4O7/c1-4-43-25-13-19(28-27(30(40)42-3)17(2)36-31(41)37-28)9-10-24(25)44-16-26(39)38-35-14-18-11-21(32)29(22(33)12-18)45-15-20-7-5-6-8-23(20)34/h5-14,26,28,38-39H,4,15-16H2,1-3H3,(H2,36,37,41)/b35-14-/t26-,28+/m0/s1. The number of carbonyl (C=O) groups excluding carboxylic acids is 2. The molecule has 1 heterocycles. The summed E-state index contributed by atoms with van der Waals surface area (Å²) in [5.41, 5.74) is 4.93. The number of amides is 2. The molecule has 0 radical (unpaired) electrons. The molecule has 0 aromatic heterocycles. The van der Waals surface area contributed by atoms with Gasteiger partial charge in [0.05, 0.1) is 40.5 Å². The molecule has 3 aromatic rings. The largest absolute Gasteiger partial charge is 0.490 e. The Kier molecular flexibility index (Phi) is 11.8. The van der Waals surface area contributed by atoms with Crippen LogP contribution in [0.1, 0.15) is 36.6 Å². The van der Waals surface area contributed by atoms with Gasteiger partial charge in [-0.2, -0.15) is 5.10 Å². The highest BCUT2D eigenvalue weighted by Crippen LogP contribution is 2.36. The van der Waals surface area contributed by atoms with E-state index in [1.165, 1.54) is 19.4 Å². The molecule has 0 bridgehead atoms. The minimum atomic E-state index is -1.18. The number of rotatable bonds is 13. The molecule has 0 aliphatic carbocycles. The molecule has 45 heavy (non-hydrogen) atoms. The average molecular weight is 750 g/mol. The van der Waals surface area contributed by atoms with Gasteiger partial charge in [-0.05, 0) is 87.2 Å². The number of carbonyl (C=O) groups is 2. The van der Waals surface area contributed by atoms with Gasteiger partial charge in [-0.1, -0.05) is 24.3 Å². The number of halogens is 3. The van der Waals surface area contributed by atoms with E-state index in [2.05, 4.69) is 53.0 Å². The number of aliphatic hydroxyl groups is 1. The summed E-state index contributed by atoms with van der Waals surface area (Å²) in [6.45, 7) is 3.62. The number of hydrogen-bond donors (Lipinski definition) is 4. The maximum atomic E-state index is 13.9. The van der Waals surface area contributed by atoms with Crippen LogP contribution in [0.4, 0.5) is 9.18 Å². The van der Waals surface area contributed by atoms with Crippen LogP contribution in [0.3, 0.4) is 0 Å². The predicted molar refractivity (Wildman–Crippen MR) is 172 cm³/mol. The van der Waals surface area contributed by atoms with Crippen LogP contribution in [0, 0.1) is 5.82 Å². The van der Waals surface area contributed by atoms with Crippen molar-refractivity contribution in [1.82, 2.24) is 16.1 Å². The summed E-state index contributed by atoms with van der Waals surface area (Å²) >= 11 is 6.94. The number of hydrogen-bond acceptors (Lipinski definition) is 9. The summed E-state index contributed by atoms with van der Waals surface area (Å²) in [5.74, 6) is 0.268. The zero-order valence-corrected chi connectivity index (χ0v) is 27.7. The second-order valence-corrected chi connectivity index (χ2v) is 11.3. The number of allylic oxidation sites excluding steroid dienone is 1. The molecule has 2 amide bonds. The van der Waals surface area contributed by atoms with Gasteiger partial charge in [0.2, 0.25) is 0 Å². The van der Waals surface area contributed by atoms with Crippen LogP contribution in [0.15, 0.2) is 79.9 Å². The Balaban J connectivity index is 1.37. The first-order valence-electron chi connectivity index (χ1n) is 13.7. The van der Waals surface area contributed by atoms with Gasteiger partial charge in [0.1, 0.15) is 24.8 Å². The monoisotopic (exact) mass is 748 g/mol. The highest BCUT2D eigenvalue weighted by molar-refractivity contribution is 9.11. The summed E-state index contributed by atoms with van der Waals surface area (Å²) in [7, 11) is 1.27. The van der Waals surface area contributed by atoms with E-state index in [1.807, 2.05) is 0 Å². The van der Waals surface area contributed by atoms with Crippen molar-refractivity contribution < 1.29 is 38.0 Å². The molecule has 2 atom stereocenters. The fraction of sp³-hybridized carbons (Fsp3) is 0.258. The molecule has 1 aliphatic rings. The molecular weight excluding hydrogens is 719 g/mol. The third-order valence-corrected chi connectivity index (χ3v) is 7.64. The van der Waals surface area contributed by atoms with Crippen LogP contribution in [0.25, 0.3) is 0 Å². The number of ether oxygens (including phenoxy) is 4. The molecule has 14 heteroatoms. The number of esters is 1. The molecule has 4 rings (SSSR count). The van der Waals surface area contributed by atoms with E-state index >= 15 is 0 Å². The number of benzene rings is 3. The average Bonchev–Trinajstić information content (AvgIpc) is 3.00. The maximum Gasteiger partial charge on any atom is 0.337 e. The summed E-state index contributed by atoms with van der Waals surface area (Å²) in [5, 5.41) is 19.8. The molecule has 0 unspecified atom stereocenters. The minimum absolute atomic E-state index is 0.0542. The summed E-state index contributed by atoms with van der Waals surface area (Å²) < 4.78 is 37.4. The number of methoxy groups -OCH3 is 1. The summed E-state index contributed by atoms with van der Waals surface area (Å²) in [6, 6.07) is 13.7. The number of nitrogens with one attached hydrogen (secondary N) is 3. The third kappa shape index (κ3) is 8.74. The van der Waals surface area contributed by atoms with Crippen molar-refractivity contribution in [1.29, 1.82) is 0 Å². The summed E-state index contributed by atoms with van der Waals surface area (Å²) in [4.78, 5) is 24.6. The van der Waals surface area contributed by atoms with Crippen molar-refractivity contribution in [3.05, 3.63) is 97.3 Å². The van der Waals surface area contributed by atoms with E-state index in [4.69, 9.17) is 18.9 Å². The first-order valence-corrected chi connectivity index (χ1v) is 15.3. The van der Waals surface area contributed by atoms with Gasteiger partial charge in [0.25, 0.3) is 0 Å². The van der Waals surface area contributed by atoms with Gasteiger partial charge in [0.15, 0.2) is 17.7 Å². The van der Waals surface area contributed by atoms with Crippen LogP contribution in [0.5, 0.6) is 17.2 Å². The van der Waals surface area contributed by atoms with Crippen LogP contribution in [-0.4, -0.2) is 49.9 Å².